The van der Waals surface area contributed by atoms with Gasteiger partial charge in [0.05, 0.1) is 18.1 Å². The van der Waals surface area contributed by atoms with Crippen molar-refractivity contribution in [2.45, 2.75) is 17.9 Å². The highest BCUT2D eigenvalue weighted by Gasteiger charge is 2.18. The van der Waals surface area contributed by atoms with Gasteiger partial charge in [-0.25, -0.2) is 13.1 Å². The van der Waals surface area contributed by atoms with Crippen LogP contribution in [0.15, 0.2) is 47.4 Å². The third kappa shape index (κ3) is 4.24. The van der Waals surface area contributed by atoms with Crippen LogP contribution in [0.4, 0.5) is 5.69 Å². The molecular formula is C18H22N2O4S. The van der Waals surface area contributed by atoms with Gasteiger partial charge in [0.2, 0.25) is 10.0 Å². The first-order valence-corrected chi connectivity index (χ1v) is 9.59. The maximum Gasteiger partial charge on any atom is 0.241 e. The van der Waals surface area contributed by atoms with Crippen LogP contribution in [0.1, 0.15) is 12.0 Å². The quantitative estimate of drug-likeness (QED) is 0.885. The molecule has 0 unspecified atom stereocenters. The average molecular weight is 362 g/mol. The number of ether oxygens (including phenoxy) is 2. The summed E-state index contributed by atoms with van der Waals surface area (Å²) in [7, 11) is 0.294. The van der Waals surface area contributed by atoms with Crippen molar-refractivity contribution in [3.05, 3.63) is 48.0 Å². The van der Waals surface area contributed by atoms with Crippen LogP contribution in [-0.4, -0.2) is 35.7 Å². The Kier molecular flexibility index (Phi) is 5.15. The standard InChI is InChI=1S/C18H22N2O4S/c1-20(2)15-6-4-14(5-7-15)13-19-25(21,22)16-8-9-17-18(12-16)24-11-3-10-23-17/h4-9,12,19H,3,10-11,13H2,1-2H3. The first-order chi connectivity index (χ1) is 12.0. The van der Waals surface area contributed by atoms with Crippen LogP contribution >= 0.6 is 0 Å². The topological polar surface area (TPSA) is 67.9 Å². The molecule has 2 aromatic rings. The van der Waals surface area contributed by atoms with Gasteiger partial charge in [0.15, 0.2) is 11.5 Å². The predicted octanol–water partition coefficient (Wildman–Crippen LogP) is 2.39. The van der Waals surface area contributed by atoms with E-state index in [0.717, 1.165) is 17.7 Å². The number of benzene rings is 2. The largest absolute Gasteiger partial charge is 0.490 e. The molecule has 1 heterocycles. The normalized spacial score (nSPS) is 14.0. The van der Waals surface area contributed by atoms with E-state index in [-0.39, 0.29) is 11.4 Å². The number of sulfonamides is 1. The van der Waals surface area contributed by atoms with Crippen LogP contribution in [-0.2, 0) is 16.6 Å². The van der Waals surface area contributed by atoms with Gasteiger partial charge < -0.3 is 14.4 Å². The van der Waals surface area contributed by atoms with Gasteiger partial charge in [-0.1, -0.05) is 12.1 Å². The molecule has 1 aliphatic heterocycles. The van der Waals surface area contributed by atoms with Crippen LogP contribution in [0.3, 0.4) is 0 Å². The van der Waals surface area contributed by atoms with E-state index in [1.165, 1.54) is 12.1 Å². The van der Waals surface area contributed by atoms with Crippen LogP contribution in [0, 0.1) is 0 Å². The van der Waals surface area contributed by atoms with E-state index in [2.05, 4.69) is 4.72 Å². The Balaban J connectivity index is 1.72. The van der Waals surface area contributed by atoms with Crippen molar-refractivity contribution in [3.8, 4) is 11.5 Å². The van der Waals surface area contributed by atoms with Crippen LogP contribution in [0.5, 0.6) is 11.5 Å². The molecule has 0 spiro atoms. The van der Waals surface area contributed by atoms with Crippen molar-refractivity contribution in [2.24, 2.45) is 0 Å². The minimum atomic E-state index is -3.63. The molecule has 6 nitrogen and oxygen atoms in total. The van der Waals surface area contributed by atoms with Gasteiger partial charge >= 0.3 is 0 Å². The lowest BCUT2D eigenvalue weighted by molar-refractivity contribution is 0.297. The second kappa shape index (κ2) is 7.33. The summed E-state index contributed by atoms with van der Waals surface area (Å²) in [6.45, 7) is 1.31. The van der Waals surface area contributed by atoms with Crippen molar-refractivity contribution in [2.75, 3.05) is 32.2 Å². The number of nitrogens with one attached hydrogen (secondary N) is 1. The van der Waals surface area contributed by atoms with E-state index in [0.29, 0.717) is 24.7 Å². The van der Waals surface area contributed by atoms with Crippen molar-refractivity contribution in [1.82, 2.24) is 4.72 Å². The molecule has 0 saturated carbocycles. The molecule has 0 bridgehead atoms. The lowest BCUT2D eigenvalue weighted by Gasteiger charge is -2.13. The fourth-order valence-electron chi connectivity index (χ4n) is 2.48. The second-order valence-electron chi connectivity index (χ2n) is 6.04. The Hall–Kier alpha value is -2.25. The Morgan fingerprint density at radius 2 is 1.68 bits per heavy atom. The molecule has 134 valence electrons. The van der Waals surface area contributed by atoms with Crippen molar-refractivity contribution in [3.63, 3.8) is 0 Å². The van der Waals surface area contributed by atoms with Gasteiger partial charge in [0.25, 0.3) is 0 Å². The van der Waals surface area contributed by atoms with Gasteiger partial charge in [-0.3, -0.25) is 0 Å². The Morgan fingerprint density at radius 3 is 2.36 bits per heavy atom. The van der Waals surface area contributed by atoms with Crippen LogP contribution in [0.25, 0.3) is 0 Å². The van der Waals surface area contributed by atoms with E-state index >= 15 is 0 Å². The van der Waals surface area contributed by atoms with E-state index in [4.69, 9.17) is 9.47 Å². The highest BCUT2D eigenvalue weighted by atomic mass is 32.2. The summed E-state index contributed by atoms with van der Waals surface area (Å²) in [4.78, 5) is 2.16. The van der Waals surface area contributed by atoms with Crippen molar-refractivity contribution >= 4 is 15.7 Å². The Morgan fingerprint density at radius 1 is 1.00 bits per heavy atom. The van der Waals surface area contributed by atoms with E-state index in [1.807, 2.05) is 43.3 Å². The summed E-state index contributed by atoms with van der Waals surface area (Å²) in [5, 5.41) is 0. The maximum absolute atomic E-state index is 12.5. The lowest BCUT2D eigenvalue weighted by Crippen LogP contribution is -2.23. The molecular weight excluding hydrogens is 340 g/mol. The lowest BCUT2D eigenvalue weighted by atomic mass is 10.2. The molecule has 1 N–H and O–H groups in total. The van der Waals surface area contributed by atoms with E-state index in [9.17, 15) is 8.42 Å². The van der Waals surface area contributed by atoms with Crippen LogP contribution < -0.4 is 19.1 Å². The summed E-state index contributed by atoms with van der Waals surface area (Å²) >= 11 is 0. The minimum absolute atomic E-state index is 0.168. The fourth-order valence-corrected chi connectivity index (χ4v) is 3.52. The number of hydrogen-bond donors (Lipinski definition) is 1. The molecule has 0 radical (unpaired) electrons. The molecule has 1 aliphatic rings. The predicted molar refractivity (Wildman–Crippen MR) is 96.8 cm³/mol. The molecule has 0 atom stereocenters. The molecule has 2 aromatic carbocycles. The number of hydrogen-bond acceptors (Lipinski definition) is 5. The van der Waals surface area contributed by atoms with E-state index < -0.39 is 10.0 Å². The molecule has 25 heavy (non-hydrogen) atoms. The maximum atomic E-state index is 12.5. The molecule has 0 saturated heterocycles. The summed E-state index contributed by atoms with van der Waals surface area (Å²) in [5.41, 5.74) is 1.96. The third-order valence-corrected chi connectivity index (χ3v) is 5.35. The van der Waals surface area contributed by atoms with Crippen molar-refractivity contribution in [1.29, 1.82) is 0 Å². The first-order valence-electron chi connectivity index (χ1n) is 8.11. The molecule has 7 heteroatoms. The zero-order valence-electron chi connectivity index (χ0n) is 14.4. The van der Waals surface area contributed by atoms with Crippen molar-refractivity contribution < 1.29 is 17.9 Å². The van der Waals surface area contributed by atoms with Gasteiger partial charge in [-0.15, -0.1) is 0 Å². The zero-order valence-corrected chi connectivity index (χ0v) is 15.2. The minimum Gasteiger partial charge on any atom is -0.490 e. The van der Waals surface area contributed by atoms with Gasteiger partial charge in [-0.2, -0.15) is 0 Å². The molecule has 0 aromatic heterocycles. The smallest absolute Gasteiger partial charge is 0.241 e. The number of nitrogens with zero attached hydrogens (tertiary/aromatic N) is 1. The summed E-state index contributed by atoms with van der Waals surface area (Å²) in [6.07, 6.45) is 0.776. The molecule has 0 aliphatic carbocycles. The molecule has 0 amide bonds. The van der Waals surface area contributed by atoms with Gasteiger partial charge in [-0.05, 0) is 29.8 Å². The third-order valence-electron chi connectivity index (χ3n) is 3.95. The zero-order chi connectivity index (χ0) is 17.9. The first kappa shape index (κ1) is 17.6. The van der Waals surface area contributed by atoms with Gasteiger partial charge in [0.1, 0.15) is 0 Å². The second-order valence-corrected chi connectivity index (χ2v) is 7.81. The average Bonchev–Trinajstić information content (AvgIpc) is 2.85. The number of fused-ring (bicyclic) bond motifs is 1. The molecule has 3 rings (SSSR count). The number of anilines is 1. The summed E-state index contributed by atoms with van der Waals surface area (Å²) < 4.78 is 38.8. The highest BCUT2D eigenvalue weighted by Crippen LogP contribution is 2.31. The Bertz CT molecular complexity index is 833. The Labute approximate surface area is 148 Å². The molecule has 0 fully saturated rings. The fraction of sp³-hybridized carbons (Fsp3) is 0.333. The van der Waals surface area contributed by atoms with Gasteiger partial charge in [0, 0.05) is 38.8 Å². The van der Waals surface area contributed by atoms with Crippen LogP contribution in [0.2, 0.25) is 0 Å². The summed E-state index contributed by atoms with van der Waals surface area (Å²) in [5.74, 6) is 1.05. The van der Waals surface area contributed by atoms with E-state index in [1.54, 1.807) is 6.07 Å². The SMILES string of the molecule is CN(C)c1ccc(CNS(=O)(=O)c2ccc3c(c2)OCCCO3)cc1. The summed E-state index contributed by atoms with van der Waals surface area (Å²) in [6, 6.07) is 12.4. The number of rotatable bonds is 5. The monoisotopic (exact) mass is 362 g/mol. The highest BCUT2D eigenvalue weighted by molar-refractivity contribution is 7.89.